The Labute approximate surface area is 96.8 Å². The molecule has 0 radical (unpaired) electrons. The third kappa shape index (κ3) is 10.9. The van der Waals surface area contributed by atoms with E-state index in [2.05, 4.69) is 16.9 Å². The van der Waals surface area contributed by atoms with Crippen molar-refractivity contribution in [3.05, 3.63) is 10.4 Å². The molecule has 0 atom stereocenters. The van der Waals surface area contributed by atoms with Crippen molar-refractivity contribution < 1.29 is 9.53 Å². The Bertz CT molecular complexity index is 225. The Kier molecular flexibility index (Phi) is 10.9. The minimum atomic E-state index is -0.191. The highest BCUT2D eigenvalue weighted by molar-refractivity contribution is 5.69. The molecule has 0 saturated heterocycles. The minimum Gasteiger partial charge on any atom is -0.466 e. The number of rotatable bonds is 10. The summed E-state index contributed by atoms with van der Waals surface area (Å²) in [4.78, 5) is 13.7. The van der Waals surface area contributed by atoms with Crippen LogP contribution in [0.25, 0.3) is 10.4 Å². The van der Waals surface area contributed by atoms with E-state index in [0.29, 0.717) is 6.42 Å². The lowest BCUT2D eigenvalue weighted by atomic mass is 10.1. The van der Waals surface area contributed by atoms with E-state index in [1.807, 2.05) is 0 Å². The first-order chi connectivity index (χ1) is 7.81. The highest BCUT2D eigenvalue weighted by Gasteiger charge is 2.01. The molecule has 0 unspecified atom stereocenters. The number of unbranched alkanes of at least 4 members (excludes halogenated alkanes) is 5. The van der Waals surface area contributed by atoms with Crippen molar-refractivity contribution >= 4 is 5.97 Å². The summed E-state index contributed by atoms with van der Waals surface area (Å²) in [5, 5.41) is 3.28. The van der Waals surface area contributed by atoms with Gasteiger partial charge in [-0.3, -0.25) is 4.79 Å². The molecule has 0 rings (SSSR count). The van der Waals surface area contributed by atoms with Gasteiger partial charge in [0, 0.05) is 11.3 Å². The second kappa shape index (κ2) is 11.9. The Morgan fingerprint density at radius 3 is 2.62 bits per heavy atom. The van der Waals surface area contributed by atoms with Gasteiger partial charge in [-0.2, -0.15) is 0 Å². The molecule has 0 spiro atoms. The lowest BCUT2D eigenvalue weighted by Crippen LogP contribution is -2.07. The van der Waals surface area contributed by atoms with Gasteiger partial charge in [0.2, 0.25) is 0 Å². The van der Waals surface area contributed by atoms with Gasteiger partial charge < -0.3 is 4.74 Å². The fraction of sp³-hybridized carbons (Fsp3) is 0.909. The Balaban J connectivity index is 3.20. The number of esters is 1. The quantitative estimate of drug-likeness (QED) is 0.188. The molecule has 92 valence electrons. The van der Waals surface area contributed by atoms with E-state index >= 15 is 0 Å². The van der Waals surface area contributed by atoms with Crippen molar-refractivity contribution in [3.8, 4) is 0 Å². The van der Waals surface area contributed by atoms with Gasteiger partial charge >= 0.3 is 5.97 Å². The van der Waals surface area contributed by atoms with E-state index in [-0.39, 0.29) is 19.1 Å². The van der Waals surface area contributed by atoms with Crippen LogP contribution in [0.4, 0.5) is 0 Å². The van der Waals surface area contributed by atoms with Crippen molar-refractivity contribution in [1.29, 1.82) is 0 Å². The minimum absolute atomic E-state index is 0.191. The zero-order valence-electron chi connectivity index (χ0n) is 10.0. The van der Waals surface area contributed by atoms with Crippen molar-refractivity contribution in [1.82, 2.24) is 0 Å². The lowest BCUT2D eigenvalue weighted by Gasteiger charge is -2.02. The highest BCUT2D eigenvalue weighted by Crippen LogP contribution is 2.07. The first-order valence-corrected chi connectivity index (χ1v) is 5.97. The fourth-order valence-corrected chi connectivity index (χ4v) is 1.37. The summed E-state index contributed by atoms with van der Waals surface area (Å²) >= 11 is 0. The molecule has 16 heavy (non-hydrogen) atoms. The average Bonchev–Trinajstić information content (AvgIpc) is 2.29. The second-order valence-electron chi connectivity index (χ2n) is 3.69. The molecule has 0 amide bonds. The van der Waals surface area contributed by atoms with Crippen LogP contribution in [0.2, 0.25) is 0 Å². The molecule has 0 fully saturated rings. The molecule has 0 aromatic heterocycles. The molecule has 0 saturated carbocycles. The van der Waals surface area contributed by atoms with Crippen molar-refractivity contribution in [2.24, 2.45) is 5.11 Å². The molecule has 0 aromatic carbocycles. The van der Waals surface area contributed by atoms with Crippen LogP contribution in [0.15, 0.2) is 5.11 Å². The van der Waals surface area contributed by atoms with E-state index < -0.39 is 0 Å². The van der Waals surface area contributed by atoms with Gasteiger partial charge in [-0.05, 0) is 12.0 Å². The van der Waals surface area contributed by atoms with E-state index in [9.17, 15) is 4.79 Å². The van der Waals surface area contributed by atoms with Crippen LogP contribution in [0.3, 0.4) is 0 Å². The number of carbonyl (C=O) groups is 1. The topological polar surface area (TPSA) is 75.1 Å². The van der Waals surface area contributed by atoms with Gasteiger partial charge in [0.25, 0.3) is 0 Å². The molecule has 5 nitrogen and oxygen atoms in total. The molecule has 0 aliphatic carbocycles. The maximum absolute atomic E-state index is 11.1. The summed E-state index contributed by atoms with van der Waals surface area (Å²) in [5.74, 6) is -0.191. The zero-order valence-corrected chi connectivity index (χ0v) is 10.0. The molecule has 5 heteroatoms. The summed E-state index contributed by atoms with van der Waals surface area (Å²) in [6, 6.07) is 0. The third-order valence-corrected chi connectivity index (χ3v) is 2.25. The number of nitrogens with zero attached hydrogens (tertiary/aromatic N) is 3. The van der Waals surface area contributed by atoms with Crippen LogP contribution in [0.1, 0.15) is 51.9 Å². The van der Waals surface area contributed by atoms with Crippen LogP contribution >= 0.6 is 0 Å². The molecule has 0 aliphatic heterocycles. The van der Waals surface area contributed by atoms with Crippen LogP contribution in [0, 0.1) is 0 Å². The SMILES string of the molecule is CCCCCCCCC(=O)OCCN=[N+]=[N-]. The Hall–Kier alpha value is -1.22. The standard InChI is InChI=1S/C11H21N3O2/c1-2-3-4-5-6-7-8-11(15)16-10-9-13-14-12/h2-10H2,1H3. The predicted molar refractivity (Wildman–Crippen MR) is 63.0 cm³/mol. The maximum Gasteiger partial charge on any atom is 0.305 e. The van der Waals surface area contributed by atoms with Gasteiger partial charge in [0.15, 0.2) is 0 Å². The average molecular weight is 227 g/mol. The summed E-state index contributed by atoms with van der Waals surface area (Å²) in [5.41, 5.74) is 7.99. The van der Waals surface area contributed by atoms with E-state index in [1.54, 1.807) is 0 Å². The highest BCUT2D eigenvalue weighted by atomic mass is 16.5. The Morgan fingerprint density at radius 2 is 1.94 bits per heavy atom. The first kappa shape index (κ1) is 14.8. The van der Waals surface area contributed by atoms with E-state index in [4.69, 9.17) is 10.3 Å². The van der Waals surface area contributed by atoms with Crippen LogP contribution < -0.4 is 0 Å². The van der Waals surface area contributed by atoms with Crippen molar-refractivity contribution in [2.75, 3.05) is 13.2 Å². The molecular formula is C11H21N3O2. The van der Waals surface area contributed by atoms with Gasteiger partial charge in [-0.15, -0.1) is 0 Å². The number of hydrogen-bond acceptors (Lipinski definition) is 3. The molecule has 0 bridgehead atoms. The maximum atomic E-state index is 11.1. The monoisotopic (exact) mass is 227 g/mol. The fourth-order valence-electron chi connectivity index (χ4n) is 1.37. The van der Waals surface area contributed by atoms with Crippen LogP contribution in [-0.2, 0) is 9.53 Å². The number of ether oxygens (including phenoxy) is 1. The molecule has 0 N–H and O–H groups in total. The molecule has 0 aromatic rings. The van der Waals surface area contributed by atoms with E-state index in [0.717, 1.165) is 12.8 Å². The third-order valence-electron chi connectivity index (χ3n) is 2.25. The van der Waals surface area contributed by atoms with E-state index in [1.165, 1.54) is 25.7 Å². The van der Waals surface area contributed by atoms with Crippen molar-refractivity contribution in [2.45, 2.75) is 51.9 Å². The summed E-state index contributed by atoms with van der Waals surface area (Å²) in [6.07, 6.45) is 7.41. The zero-order chi connectivity index (χ0) is 12.1. The largest absolute Gasteiger partial charge is 0.466 e. The van der Waals surface area contributed by atoms with Gasteiger partial charge in [0.1, 0.15) is 0 Å². The summed E-state index contributed by atoms with van der Waals surface area (Å²) in [7, 11) is 0. The van der Waals surface area contributed by atoms with Crippen LogP contribution in [-0.4, -0.2) is 19.1 Å². The number of azide groups is 1. The molecule has 0 aliphatic rings. The summed E-state index contributed by atoms with van der Waals surface area (Å²) in [6.45, 7) is 2.60. The van der Waals surface area contributed by atoms with Gasteiger partial charge in [-0.1, -0.05) is 44.1 Å². The normalized spacial score (nSPS) is 9.56. The predicted octanol–water partition coefficient (Wildman–Crippen LogP) is 3.59. The smallest absolute Gasteiger partial charge is 0.305 e. The second-order valence-corrected chi connectivity index (χ2v) is 3.69. The molecular weight excluding hydrogens is 206 g/mol. The van der Waals surface area contributed by atoms with Crippen molar-refractivity contribution in [3.63, 3.8) is 0 Å². The van der Waals surface area contributed by atoms with Crippen LogP contribution in [0.5, 0.6) is 0 Å². The molecule has 0 heterocycles. The van der Waals surface area contributed by atoms with Gasteiger partial charge in [-0.25, -0.2) is 0 Å². The summed E-state index contributed by atoms with van der Waals surface area (Å²) < 4.78 is 4.87. The lowest BCUT2D eigenvalue weighted by molar-refractivity contribution is -0.143. The first-order valence-electron chi connectivity index (χ1n) is 5.97. The Morgan fingerprint density at radius 1 is 1.25 bits per heavy atom. The van der Waals surface area contributed by atoms with Gasteiger partial charge in [0.05, 0.1) is 13.2 Å². The number of hydrogen-bond donors (Lipinski definition) is 0. The number of carbonyl (C=O) groups excluding carboxylic acids is 1.